The fraction of sp³-hybridized carbons (Fsp3) is 0.0833. The van der Waals surface area contributed by atoms with Crippen LogP contribution >= 0.6 is 11.6 Å². The van der Waals surface area contributed by atoms with Crippen molar-refractivity contribution in [2.75, 3.05) is 11.5 Å². The second-order valence-corrected chi connectivity index (χ2v) is 6.83. The van der Waals surface area contributed by atoms with Gasteiger partial charge in [-0.3, -0.25) is 9.69 Å². The van der Waals surface area contributed by atoms with Crippen LogP contribution in [-0.4, -0.2) is 18.3 Å². The Kier molecular flexibility index (Phi) is 5.45. The number of hydrogen-bond acceptors (Lipinski definition) is 3. The van der Waals surface area contributed by atoms with Crippen molar-refractivity contribution in [2.45, 2.75) is 6.92 Å². The highest BCUT2D eigenvalue weighted by molar-refractivity contribution is 6.39. The summed E-state index contributed by atoms with van der Waals surface area (Å²) in [5, 5.41) is 0.544. The number of aliphatic imine (C=N–C) groups is 1. The number of carbonyl (C=O) groups is 1. The molecule has 0 unspecified atom stereocenters. The summed E-state index contributed by atoms with van der Waals surface area (Å²) in [6.07, 6.45) is 1.78. The minimum Gasteiger partial charge on any atom is -0.494 e. The van der Waals surface area contributed by atoms with Gasteiger partial charge in [0.15, 0.2) is 0 Å². The van der Waals surface area contributed by atoms with E-state index < -0.39 is 0 Å². The normalized spacial score (nSPS) is 15.0. The van der Waals surface area contributed by atoms with Crippen LogP contribution in [0.15, 0.2) is 89.6 Å². The number of para-hydroxylation sites is 1. The summed E-state index contributed by atoms with van der Waals surface area (Å²) in [4.78, 5) is 19.5. The second-order valence-electron chi connectivity index (χ2n) is 6.42. The number of amidine groups is 1. The van der Waals surface area contributed by atoms with Crippen LogP contribution in [0.5, 0.6) is 5.75 Å². The lowest BCUT2D eigenvalue weighted by atomic mass is 10.1. The van der Waals surface area contributed by atoms with Gasteiger partial charge in [-0.2, -0.15) is 0 Å². The molecule has 3 aromatic rings. The SMILES string of the molecule is CCOc1ccc(/C=C2/N=C(c3ccccc3Cl)N(c3ccccc3)C2=O)cc1. The fourth-order valence-electron chi connectivity index (χ4n) is 3.14. The van der Waals surface area contributed by atoms with E-state index in [1.54, 1.807) is 17.0 Å². The molecule has 0 saturated carbocycles. The van der Waals surface area contributed by atoms with Crippen LogP contribution in [0.1, 0.15) is 18.1 Å². The number of ether oxygens (including phenoxy) is 1. The van der Waals surface area contributed by atoms with E-state index in [0.717, 1.165) is 17.0 Å². The van der Waals surface area contributed by atoms with Gasteiger partial charge in [-0.25, -0.2) is 4.99 Å². The van der Waals surface area contributed by atoms with Gasteiger partial charge in [0.1, 0.15) is 17.3 Å². The van der Waals surface area contributed by atoms with Gasteiger partial charge >= 0.3 is 0 Å². The highest BCUT2D eigenvalue weighted by Gasteiger charge is 2.33. The van der Waals surface area contributed by atoms with E-state index in [-0.39, 0.29) is 5.91 Å². The van der Waals surface area contributed by atoms with E-state index in [2.05, 4.69) is 4.99 Å². The highest BCUT2D eigenvalue weighted by atomic mass is 35.5. The fourth-order valence-corrected chi connectivity index (χ4v) is 3.36. The lowest BCUT2D eigenvalue weighted by Crippen LogP contribution is -2.32. The van der Waals surface area contributed by atoms with Crippen LogP contribution < -0.4 is 9.64 Å². The molecule has 1 aliphatic heterocycles. The monoisotopic (exact) mass is 402 g/mol. The summed E-state index contributed by atoms with van der Waals surface area (Å²) in [7, 11) is 0. The number of halogens is 1. The van der Waals surface area contributed by atoms with E-state index >= 15 is 0 Å². The van der Waals surface area contributed by atoms with E-state index in [1.165, 1.54) is 0 Å². The molecule has 0 atom stereocenters. The molecule has 29 heavy (non-hydrogen) atoms. The lowest BCUT2D eigenvalue weighted by molar-refractivity contribution is -0.113. The molecule has 0 spiro atoms. The Hall–Kier alpha value is -3.37. The molecule has 0 aliphatic carbocycles. The molecule has 0 aromatic heterocycles. The van der Waals surface area contributed by atoms with Gasteiger partial charge in [-0.05, 0) is 55.0 Å². The average Bonchev–Trinajstić information content (AvgIpc) is 3.06. The number of hydrogen-bond donors (Lipinski definition) is 0. The maximum absolute atomic E-state index is 13.3. The van der Waals surface area contributed by atoms with Crippen LogP contribution in [0.3, 0.4) is 0 Å². The van der Waals surface area contributed by atoms with E-state index in [1.807, 2.05) is 79.7 Å². The summed E-state index contributed by atoms with van der Waals surface area (Å²) in [5.41, 5.74) is 2.68. The smallest absolute Gasteiger partial charge is 0.282 e. The lowest BCUT2D eigenvalue weighted by Gasteiger charge is -2.19. The largest absolute Gasteiger partial charge is 0.494 e. The van der Waals surface area contributed by atoms with E-state index in [0.29, 0.717) is 28.7 Å². The Labute approximate surface area is 174 Å². The predicted octanol–water partition coefficient (Wildman–Crippen LogP) is 5.57. The molecule has 3 aromatic carbocycles. The van der Waals surface area contributed by atoms with Gasteiger partial charge in [0.25, 0.3) is 5.91 Å². The third-order valence-electron chi connectivity index (χ3n) is 4.48. The van der Waals surface area contributed by atoms with Crippen molar-refractivity contribution in [2.24, 2.45) is 4.99 Å². The van der Waals surface area contributed by atoms with Gasteiger partial charge in [0, 0.05) is 5.56 Å². The summed E-state index contributed by atoms with van der Waals surface area (Å²) in [6, 6.07) is 24.4. The van der Waals surface area contributed by atoms with Gasteiger partial charge < -0.3 is 4.74 Å². The maximum atomic E-state index is 13.3. The molecule has 144 valence electrons. The Morgan fingerprint density at radius 3 is 2.34 bits per heavy atom. The van der Waals surface area contributed by atoms with Crippen LogP contribution in [0.4, 0.5) is 5.69 Å². The Balaban J connectivity index is 1.77. The number of nitrogens with zero attached hydrogens (tertiary/aromatic N) is 2. The summed E-state index contributed by atoms with van der Waals surface area (Å²) in [5.74, 6) is 1.11. The van der Waals surface area contributed by atoms with Crippen molar-refractivity contribution >= 4 is 35.1 Å². The second kappa shape index (κ2) is 8.33. The first kappa shape index (κ1) is 19.0. The molecule has 4 rings (SSSR count). The zero-order chi connectivity index (χ0) is 20.2. The molecule has 5 heteroatoms. The third kappa shape index (κ3) is 3.93. The average molecular weight is 403 g/mol. The first-order chi connectivity index (χ1) is 14.2. The first-order valence-corrected chi connectivity index (χ1v) is 9.73. The zero-order valence-corrected chi connectivity index (χ0v) is 16.6. The minimum absolute atomic E-state index is 0.194. The van der Waals surface area contributed by atoms with Crippen LogP contribution in [0, 0.1) is 0 Å². The molecule has 0 bridgehead atoms. The summed E-state index contributed by atoms with van der Waals surface area (Å²) >= 11 is 6.41. The molecule has 0 N–H and O–H groups in total. The van der Waals surface area contributed by atoms with Crippen molar-refractivity contribution in [1.82, 2.24) is 0 Å². The van der Waals surface area contributed by atoms with Gasteiger partial charge in [0.05, 0.1) is 17.3 Å². The Morgan fingerprint density at radius 2 is 1.66 bits per heavy atom. The third-order valence-corrected chi connectivity index (χ3v) is 4.81. The number of benzene rings is 3. The predicted molar refractivity (Wildman–Crippen MR) is 118 cm³/mol. The topological polar surface area (TPSA) is 41.9 Å². The van der Waals surface area contributed by atoms with Crippen molar-refractivity contribution in [1.29, 1.82) is 0 Å². The maximum Gasteiger partial charge on any atom is 0.282 e. The standard InChI is InChI=1S/C24H19ClN2O2/c1-2-29-19-14-12-17(13-15-19)16-22-24(28)27(18-8-4-3-5-9-18)23(26-22)20-10-6-7-11-21(20)25/h3-16H,2H2,1H3/b22-16+. The Bertz CT molecular complexity index is 1090. The zero-order valence-electron chi connectivity index (χ0n) is 15.9. The molecule has 0 radical (unpaired) electrons. The quantitative estimate of drug-likeness (QED) is 0.523. The van der Waals surface area contributed by atoms with Crippen molar-refractivity contribution < 1.29 is 9.53 Å². The molecule has 1 heterocycles. The van der Waals surface area contributed by atoms with Crippen molar-refractivity contribution in [3.05, 3.63) is 101 Å². The molecule has 1 amide bonds. The van der Waals surface area contributed by atoms with Crippen LogP contribution in [0.2, 0.25) is 5.02 Å². The number of carbonyl (C=O) groups excluding carboxylic acids is 1. The molecule has 1 aliphatic rings. The number of anilines is 1. The van der Waals surface area contributed by atoms with Crippen LogP contribution in [-0.2, 0) is 4.79 Å². The van der Waals surface area contributed by atoms with Gasteiger partial charge in [0.2, 0.25) is 0 Å². The van der Waals surface area contributed by atoms with Gasteiger partial charge in [-0.1, -0.05) is 54.1 Å². The Morgan fingerprint density at radius 1 is 0.966 bits per heavy atom. The van der Waals surface area contributed by atoms with E-state index in [9.17, 15) is 4.79 Å². The number of rotatable bonds is 5. The summed E-state index contributed by atoms with van der Waals surface area (Å²) < 4.78 is 5.48. The first-order valence-electron chi connectivity index (χ1n) is 9.35. The van der Waals surface area contributed by atoms with Gasteiger partial charge in [-0.15, -0.1) is 0 Å². The van der Waals surface area contributed by atoms with E-state index in [4.69, 9.17) is 16.3 Å². The van der Waals surface area contributed by atoms with Crippen LogP contribution in [0.25, 0.3) is 6.08 Å². The molecular weight excluding hydrogens is 384 g/mol. The minimum atomic E-state index is -0.194. The van der Waals surface area contributed by atoms with Crippen molar-refractivity contribution in [3.8, 4) is 5.75 Å². The molecule has 0 fully saturated rings. The highest BCUT2D eigenvalue weighted by Crippen LogP contribution is 2.30. The van der Waals surface area contributed by atoms with Crippen molar-refractivity contribution in [3.63, 3.8) is 0 Å². The number of amides is 1. The molecular formula is C24H19ClN2O2. The molecule has 4 nitrogen and oxygen atoms in total. The summed E-state index contributed by atoms with van der Waals surface area (Å²) in [6.45, 7) is 2.55. The molecule has 0 saturated heterocycles.